The highest BCUT2D eigenvalue weighted by molar-refractivity contribution is 5.97. The fourth-order valence-electron chi connectivity index (χ4n) is 3.80. The van der Waals surface area contributed by atoms with Crippen LogP contribution in [0, 0.1) is 0 Å². The van der Waals surface area contributed by atoms with E-state index in [9.17, 15) is 14.7 Å². The van der Waals surface area contributed by atoms with Gasteiger partial charge in [0.25, 0.3) is 5.91 Å². The summed E-state index contributed by atoms with van der Waals surface area (Å²) in [5.41, 5.74) is 2.08. The first-order valence-electron chi connectivity index (χ1n) is 10.4. The summed E-state index contributed by atoms with van der Waals surface area (Å²) < 4.78 is 5.17. The minimum atomic E-state index is -0.199. The van der Waals surface area contributed by atoms with Crippen LogP contribution in [0.15, 0.2) is 42.5 Å². The molecular weight excluding hydrogens is 382 g/mol. The van der Waals surface area contributed by atoms with Crippen LogP contribution in [0.4, 0.5) is 10.5 Å². The molecule has 1 saturated carbocycles. The molecule has 1 aliphatic heterocycles. The first kappa shape index (κ1) is 20.1. The second-order valence-electron chi connectivity index (χ2n) is 7.88. The number of carbonyl (C=O) groups is 2. The van der Waals surface area contributed by atoms with Crippen LogP contribution in [-0.4, -0.2) is 53.1 Å². The van der Waals surface area contributed by atoms with Crippen molar-refractivity contribution in [2.24, 2.45) is 0 Å². The van der Waals surface area contributed by atoms with E-state index < -0.39 is 0 Å². The average molecular weight is 409 g/mol. The molecule has 1 aliphatic carbocycles. The molecule has 2 aliphatic rings. The van der Waals surface area contributed by atoms with Gasteiger partial charge in [-0.15, -0.1) is 0 Å². The maximum Gasteiger partial charge on any atom is 0.322 e. The summed E-state index contributed by atoms with van der Waals surface area (Å²) in [6, 6.07) is 12.2. The highest BCUT2D eigenvalue weighted by Gasteiger charge is 2.33. The van der Waals surface area contributed by atoms with Gasteiger partial charge in [-0.25, -0.2) is 4.79 Å². The van der Waals surface area contributed by atoms with E-state index in [1.54, 1.807) is 47.4 Å². The molecule has 4 rings (SSSR count). The number of phenols is 1. The van der Waals surface area contributed by atoms with Crippen LogP contribution in [-0.2, 0) is 6.54 Å². The van der Waals surface area contributed by atoms with Gasteiger partial charge in [-0.1, -0.05) is 12.1 Å². The molecule has 0 radical (unpaired) electrons. The molecule has 2 aromatic rings. The molecule has 2 fully saturated rings. The highest BCUT2D eigenvalue weighted by atomic mass is 16.5. The lowest BCUT2D eigenvalue weighted by Gasteiger charge is -2.23. The maximum absolute atomic E-state index is 13.0. The van der Waals surface area contributed by atoms with Gasteiger partial charge in [0.1, 0.15) is 0 Å². The van der Waals surface area contributed by atoms with E-state index in [4.69, 9.17) is 4.74 Å². The highest BCUT2D eigenvalue weighted by Crippen LogP contribution is 2.32. The van der Waals surface area contributed by atoms with Crippen molar-refractivity contribution in [1.29, 1.82) is 0 Å². The number of nitrogens with zero attached hydrogens (tertiary/aromatic N) is 2. The fraction of sp³-hybridized carbons (Fsp3) is 0.391. The van der Waals surface area contributed by atoms with E-state index in [1.165, 1.54) is 7.11 Å². The van der Waals surface area contributed by atoms with Crippen LogP contribution in [0.3, 0.4) is 0 Å². The summed E-state index contributed by atoms with van der Waals surface area (Å²) in [5, 5.41) is 12.7. The Hall–Kier alpha value is -3.22. The van der Waals surface area contributed by atoms with Gasteiger partial charge in [0.15, 0.2) is 11.5 Å². The molecule has 0 spiro atoms. The number of benzene rings is 2. The van der Waals surface area contributed by atoms with Crippen LogP contribution in [0.1, 0.15) is 41.6 Å². The van der Waals surface area contributed by atoms with Gasteiger partial charge in [-0.05, 0) is 61.6 Å². The monoisotopic (exact) mass is 409 g/mol. The van der Waals surface area contributed by atoms with Crippen molar-refractivity contribution in [1.82, 2.24) is 9.80 Å². The zero-order valence-corrected chi connectivity index (χ0v) is 17.1. The molecule has 2 N–H and O–H groups in total. The number of rotatable bonds is 6. The van der Waals surface area contributed by atoms with Gasteiger partial charge in [0.05, 0.1) is 7.11 Å². The van der Waals surface area contributed by atoms with E-state index in [1.807, 2.05) is 4.90 Å². The lowest BCUT2D eigenvalue weighted by Crippen LogP contribution is -2.36. The van der Waals surface area contributed by atoms with Gasteiger partial charge in [0, 0.05) is 36.9 Å². The Morgan fingerprint density at radius 1 is 1.17 bits per heavy atom. The van der Waals surface area contributed by atoms with Gasteiger partial charge in [0.2, 0.25) is 0 Å². The van der Waals surface area contributed by atoms with Crippen molar-refractivity contribution < 1.29 is 19.4 Å². The Labute approximate surface area is 176 Å². The zero-order valence-electron chi connectivity index (χ0n) is 17.1. The number of methoxy groups -OCH3 is 1. The summed E-state index contributed by atoms with van der Waals surface area (Å²) >= 11 is 0. The number of carbonyl (C=O) groups excluding carboxylic acids is 2. The Morgan fingerprint density at radius 2 is 1.93 bits per heavy atom. The van der Waals surface area contributed by atoms with Crippen molar-refractivity contribution >= 4 is 17.6 Å². The third kappa shape index (κ3) is 4.50. The minimum absolute atomic E-state index is 0.0128. The van der Waals surface area contributed by atoms with Gasteiger partial charge in [-0.2, -0.15) is 0 Å². The molecule has 2 aromatic carbocycles. The maximum atomic E-state index is 13.0. The second kappa shape index (κ2) is 8.65. The van der Waals surface area contributed by atoms with Gasteiger partial charge >= 0.3 is 6.03 Å². The molecule has 0 aromatic heterocycles. The number of likely N-dealkylation sites (tertiary alicyclic amines) is 1. The topological polar surface area (TPSA) is 82.1 Å². The average Bonchev–Trinajstić information content (AvgIpc) is 3.45. The Kier molecular flexibility index (Phi) is 5.79. The van der Waals surface area contributed by atoms with Crippen LogP contribution >= 0.6 is 0 Å². The van der Waals surface area contributed by atoms with E-state index >= 15 is 0 Å². The molecule has 158 valence electrons. The third-order valence-corrected chi connectivity index (χ3v) is 5.60. The van der Waals surface area contributed by atoms with E-state index in [0.717, 1.165) is 44.3 Å². The predicted molar refractivity (Wildman–Crippen MR) is 114 cm³/mol. The molecule has 0 unspecified atom stereocenters. The summed E-state index contributed by atoms with van der Waals surface area (Å²) in [6.07, 6.45) is 4.02. The Morgan fingerprint density at radius 3 is 2.63 bits per heavy atom. The Bertz CT molecular complexity index is 936. The number of ether oxygens (including phenoxy) is 1. The SMILES string of the molecule is COc1cc(CN(C(=O)Nc2cccc(C(=O)N3CCCC3)c2)C2CC2)ccc1O. The largest absolute Gasteiger partial charge is 0.504 e. The summed E-state index contributed by atoms with van der Waals surface area (Å²) in [6.45, 7) is 2.00. The number of aromatic hydroxyl groups is 1. The molecule has 1 saturated heterocycles. The van der Waals surface area contributed by atoms with Crippen LogP contribution in [0.2, 0.25) is 0 Å². The normalized spacial score (nSPS) is 15.7. The predicted octanol–water partition coefficient (Wildman–Crippen LogP) is 3.83. The minimum Gasteiger partial charge on any atom is -0.504 e. The number of amides is 3. The molecule has 7 nitrogen and oxygen atoms in total. The molecule has 1 heterocycles. The van der Waals surface area contributed by atoms with Crippen molar-refractivity contribution in [3.05, 3.63) is 53.6 Å². The van der Waals surface area contributed by atoms with Crippen molar-refractivity contribution in [3.8, 4) is 11.5 Å². The molecule has 7 heteroatoms. The van der Waals surface area contributed by atoms with E-state index in [0.29, 0.717) is 23.5 Å². The van der Waals surface area contributed by atoms with E-state index in [2.05, 4.69) is 5.32 Å². The lowest BCUT2D eigenvalue weighted by atomic mass is 10.1. The third-order valence-electron chi connectivity index (χ3n) is 5.60. The van der Waals surface area contributed by atoms with Gasteiger partial charge in [-0.3, -0.25) is 4.79 Å². The lowest BCUT2D eigenvalue weighted by molar-refractivity contribution is 0.0793. The molecule has 3 amide bonds. The van der Waals surface area contributed by atoms with Gasteiger partial charge < -0.3 is 25.0 Å². The van der Waals surface area contributed by atoms with Crippen LogP contribution in [0.5, 0.6) is 11.5 Å². The summed E-state index contributed by atoms with van der Waals surface area (Å²) in [5.74, 6) is 0.471. The molecule has 30 heavy (non-hydrogen) atoms. The molecular formula is C23H27N3O4. The number of anilines is 1. The smallest absolute Gasteiger partial charge is 0.322 e. The standard InChI is InChI=1S/C23H27N3O4/c1-30-21-13-16(7-10-20(21)27)15-26(19-8-9-19)23(29)24-18-6-4-5-17(14-18)22(28)25-11-2-3-12-25/h4-7,10,13-14,19,27H,2-3,8-9,11-12,15H2,1H3,(H,24,29). The second-order valence-corrected chi connectivity index (χ2v) is 7.88. The Balaban J connectivity index is 1.46. The van der Waals surface area contributed by atoms with Crippen LogP contribution in [0.25, 0.3) is 0 Å². The van der Waals surface area contributed by atoms with Crippen molar-refractivity contribution in [2.45, 2.75) is 38.3 Å². The summed E-state index contributed by atoms with van der Waals surface area (Å²) in [7, 11) is 1.50. The van der Waals surface area contributed by atoms with E-state index in [-0.39, 0.29) is 23.7 Å². The van der Waals surface area contributed by atoms with Crippen LogP contribution < -0.4 is 10.1 Å². The summed E-state index contributed by atoms with van der Waals surface area (Å²) in [4.78, 5) is 29.3. The first-order chi connectivity index (χ1) is 14.5. The molecule has 0 atom stereocenters. The number of phenolic OH excluding ortho intramolecular Hbond substituents is 1. The zero-order chi connectivity index (χ0) is 21.1. The fourth-order valence-corrected chi connectivity index (χ4v) is 3.80. The first-order valence-corrected chi connectivity index (χ1v) is 10.4. The quantitative estimate of drug-likeness (QED) is 0.760. The number of hydrogen-bond acceptors (Lipinski definition) is 4. The van der Waals surface area contributed by atoms with Crippen molar-refractivity contribution in [2.75, 3.05) is 25.5 Å². The number of nitrogens with one attached hydrogen (secondary N) is 1. The molecule has 0 bridgehead atoms. The number of urea groups is 1. The number of hydrogen-bond donors (Lipinski definition) is 2. The van der Waals surface area contributed by atoms with Crippen molar-refractivity contribution in [3.63, 3.8) is 0 Å².